The SMILES string of the molecule is Cc1occc1CN(C)CCNCC1CC1. The van der Waals surface area contributed by atoms with E-state index in [-0.39, 0.29) is 0 Å². The molecule has 1 fully saturated rings. The molecule has 1 saturated carbocycles. The molecule has 0 aliphatic heterocycles. The second kappa shape index (κ2) is 5.51. The van der Waals surface area contributed by atoms with Crippen LogP contribution in [0.15, 0.2) is 16.7 Å². The van der Waals surface area contributed by atoms with Gasteiger partial charge in [-0.2, -0.15) is 0 Å². The number of nitrogens with one attached hydrogen (secondary N) is 1. The van der Waals surface area contributed by atoms with Crippen molar-refractivity contribution in [2.24, 2.45) is 5.92 Å². The largest absolute Gasteiger partial charge is 0.469 e. The van der Waals surface area contributed by atoms with Crippen LogP contribution in [0.2, 0.25) is 0 Å². The molecule has 3 nitrogen and oxygen atoms in total. The first kappa shape index (κ1) is 11.7. The maximum atomic E-state index is 5.29. The van der Waals surface area contributed by atoms with Gasteiger partial charge in [-0.3, -0.25) is 0 Å². The van der Waals surface area contributed by atoms with Crippen molar-refractivity contribution in [1.29, 1.82) is 0 Å². The minimum absolute atomic E-state index is 0.974. The van der Waals surface area contributed by atoms with Crippen LogP contribution in [-0.4, -0.2) is 31.6 Å². The van der Waals surface area contributed by atoms with Crippen molar-refractivity contribution >= 4 is 0 Å². The predicted octanol–water partition coefficient (Wildman–Crippen LogP) is 2.02. The highest BCUT2D eigenvalue weighted by Crippen LogP contribution is 2.27. The summed E-state index contributed by atoms with van der Waals surface area (Å²) in [6.45, 7) is 6.39. The molecule has 1 N–H and O–H groups in total. The van der Waals surface area contributed by atoms with Crippen LogP contribution in [0.3, 0.4) is 0 Å². The van der Waals surface area contributed by atoms with Gasteiger partial charge in [-0.1, -0.05) is 0 Å². The molecule has 0 atom stereocenters. The average Bonchev–Trinajstić information content (AvgIpc) is 3.00. The summed E-state index contributed by atoms with van der Waals surface area (Å²) in [5.74, 6) is 2.01. The minimum atomic E-state index is 0.974. The number of furan rings is 1. The van der Waals surface area contributed by atoms with Gasteiger partial charge in [-0.05, 0) is 45.3 Å². The summed E-state index contributed by atoms with van der Waals surface area (Å²) in [6, 6.07) is 2.06. The first-order chi connectivity index (χ1) is 7.75. The van der Waals surface area contributed by atoms with Gasteiger partial charge in [-0.25, -0.2) is 0 Å². The van der Waals surface area contributed by atoms with E-state index in [1.165, 1.54) is 24.9 Å². The van der Waals surface area contributed by atoms with Gasteiger partial charge in [0.2, 0.25) is 0 Å². The summed E-state index contributed by atoms with van der Waals surface area (Å²) < 4.78 is 5.29. The normalized spacial score (nSPS) is 15.9. The third-order valence-corrected chi connectivity index (χ3v) is 3.21. The van der Waals surface area contributed by atoms with Crippen molar-refractivity contribution < 1.29 is 4.42 Å². The molecule has 1 heterocycles. The number of hydrogen-bond donors (Lipinski definition) is 1. The molecule has 0 spiro atoms. The number of aryl methyl sites for hydroxylation is 1. The van der Waals surface area contributed by atoms with E-state index < -0.39 is 0 Å². The Hall–Kier alpha value is -0.800. The fourth-order valence-electron chi connectivity index (χ4n) is 1.84. The third kappa shape index (κ3) is 3.65. The van der Waals surface area contributed by atoms with Crippen LogP contribution in [0.5, 0.6) is 0 Å². The zero-order valence-corrected chi connectivity index (χ0v) is 10.3. The number of likely N-dealkylation sites (N-methyl/N-ethyl adjacent to an activating group) is 1. The molecule has 0 bridgehead atoms. The van der Waals surface area contributed by atoms with Crippen LogP contribution in [0.25, 0.3) is 0 Å². The van der Waals surface area contributed by atoms with Gasteiger partial charge in [-0.15, -0.1) is 0 Å². The predicted molar refractivity (Wildman–Crippen MR) is 65.4 cm³/mol. The highest BCUT2D eigenvalue weighted by Gasteiger charge is 2.20. The molecular weight excluding hydrogens is 200 g/mol. The lowest BCUT2D eigenvalue weighted by atomic mass is 10.2. The van der Waals surface area contributed by atoms with Crippen molar-refractivity contribution in [3.05, 3.63) is 23.7 Å². The van der Waals surface area contributed by atoms with Crippen molar-refractivity contribution in [3.8, 4) is 0 Å². The fourth-order valence-corrected chi connectivity index (χ4v) is 1.84. The van der Waals surface area contributed by atoms with E-state index in [1.807, 2.05) is 6.92 Å². The van der Waals surface area contributed by atoms with E-state index in [0.717, 1.165) is 31.3 Å². The molecule has 90 valence electrons. The smallest absolute Gasteiger partial charge is 0.105 e. The highest BCUT2D eigenvalue weighted by molar-refractivity contribution is 5.14. The Morgan fingerprint density at radius 3 is 2.94 bits per heavy atom. The standard InChI is InChI=1S/C13H22N2O/c1-11-13(5-8-16-11)10-15(2)7-6-14-9-12-3-4-12/h5,8,12,14H,3-4,6-7,9-10H2,1-2H3. The van der Waals surface area contributed by atoms with E-state index in [1.54, 1.807) is 6.26 Å². The van der Waals surface area contributed by atoms with E-state index in [4.69, 9.17) is 4.42 Å². The second-order valence-electron chi connectivity index (χ2n) is 4.89. The fraction of sp³-hybridized carbons (Fsp3) is 0.692. The van der Waals surface area contributed by atoms with Crippen LogP contribution in [0, 0.1) is 12.8 Å². The van der Waals surface area contributed by atoms with Crippen LogP contribution in [0.4, 0.5) is 0 Å². The number of nitrogens with zero attached hydrogens (tertiary/aromatic N) is 1. The molecule has 0 radical (unpaired) electrons. The Morgan fingerprint density at radius 2 is 2.31 bits per heavy atom. The minimum Gasteiger partial charge on any atom is -0.469 e. The zero-order chi connectivity index (χ0) is 11.4. The molecule has 0 aromatic carbocycles. The lowest BCUT2D eigenvalue weighted by Gasteiger charge is -2.16. The Balaban J connectivity index is 1.60. The first-order valence-electron chi connectivity index (χ1n) is 6.18. The molecule has 3 heteroatoms. The lowest BCUT2D eigenvalue weighted by molar-refractivity contribution is 0.321. The van der Waals surface area contributed by atoms with Crippen molar-refractivity contribution in [2.75, 3.05) is 26.7 Å². The monoisotopic (exact) mass is 222 g/mol. The van der Waals surface area contributed by atoms with Gasteiger partial charge in [0, 0.05) is 25.2 Å². The van der Waals surface area contributed by atoms with Crippen molar-refractivity contribution in [2.45, 2.75) is 26.3 Å². The molecule has 2 rings (SSSR count). The van der Waals surface area contributed by atoms with Gasteiger partial charge in [0.25, 0.3) is 0 Å². The second-order valence-corrected chi connectivity index (χ2v) is 4.89. The highest BCUT2D eigenvalue weighted by atomic mass is 16.3. The first-order valence-corrected chi connectivity index (χ1v) is 6.18. The summed E-state index contributed by atoms with van der Waals surface area (Å²) in [6.07, 6.45) is 4.62. The number of rotatable bonds is 7. The van der Waals surface area contributed by atoms with Crippen LogP contribution >= 0.6 is 0 Å². The Labute approximate surface area is 97.8 Å². The van der Waals surface area contributed by atoms with Crippen molar-refractivity contribution in [1.82, 2.24) is 10.2 Å². The Bertz CT molecular complexity index is 317. The summed E-state index contributed by atoms with van der Waals surface area (Å²) in [5, 5.41) is 3.51. The molecule has 1 aliphatic rings. The van der Waals surface area contributed by atoms with E-state index >= 15 is 0 Å². The van der Waals surface area contributed by atoms with Gasteiger partial charge >= 0.3 is 0 Å². The lowest BCUT2D eigenvalue weighted by Crippen LogP contribution is -2.30. The summed E-state index contributed by atoms with van der Waals surface area (Å²) in [7, 11) is 2.16. The van der Waals surface area contributed by atoms with E-state index in [9.17, 15) is 0 Å². The molecule has 1 aromatic rings. The third-order valence-electron chi connectivity index (χ3n) is 3.21. The summed E-state index contributed by atoms with van der Waals surface area (Å²) in [4.78, 5) is 2.33. The van der Waals surface area contributed by atoms with Gasteiger partial charge in [0.15, 0.2) is 0 Å². The van der Waals surface area contributed by atoms with Gasteiger partial charge < -0.3 is 14.6 Å². The molecule has 0 unspecified atom stereocenters. The molecule has 0 saturated heterocycles. The molecule has 1 aliphatic carbocycles. The average molecular weight is 222 g/mol. The molecule has 0 amide bonds. The van der Waals surface area contributed by atoms with Gasteiger partial charge in [0.1, 0.15) is 5.76 Å². The Morgan fingerprint density at radius 1 is 1.50 bits per heavy atom. The molecular formula is C13H22N2O. The zero-order valence-electron chi connectivity index (χ0n) is 10.3. The number of hydrogen-bond acceptors (Lipinski definition) is 3. The molecule has 16 heavy (non-hydrogen) atoms. The Kier molecular flexibility index (Phi) is 4.02. The van der Waals surface area contributed by atoms with E-state index in [2.05, 4.69) is 23.3 Å². The van der Waals surface area contributed by atoms with Crippen LogP contribution in [-0.2, 0) is 6.54 Å². The quantitative estimate of drug-likeness (QED) is 0.715. The maximum Gasteiger partial charge on any atom is 0.105 e. The maximum absolute atomic E-state index is 5.29. The van der Waals surface area contributed by atoms with Crippen LogP contribution < -0.4 is 5.32 Å². The molecule has 1 aromatic heterocycles. The van der Waals surface area contributed by atoms with E-state index in [0.29, 0.717) is 0 Å². The van der Waals surface area contributed by atoms with Crippen molar-refractivity contribution in [3.63, 3.8) is 0 Å². The topological polar surface area (TPSA) is 28.4 Å². The van der Waals surface area contributed by atoms with Crippen LogP contribution in [0.1, 0.15) is 24.2 Å². The summed E-state index contributed by atoms with van der Waals surface area (Å²) >= 11 is 0. The van der Waals surface area contributed by atoms with Gasteiger partial charge in [0.05, 0.1) is 6.26 Å². The summed E-state index contributed by atoms with van der Waals surface area (Å²) in [5.41, 5.74) is 1.30.